The zero-order valence-electron chi connectivity index (χ0n) is 17.8. The molecule has 2 saturated heterocycles. The van der Waals surface area contributed by atoms with Crippen molar-refractivity contribution in [1.82, 2.24) is 14.9 Å². The Balaban J connectivity index is 1.60. The largest absolute Gasteiger partial charge is 0.434 e. The number of amides is 1. The van der Waals surface area contributed by atoms with Crippen LogP contribution in [0.1, 0.15) is 30.1 Å². The number of carbonyl (C=O) groups excluding carboxylic acids is 1. The standard InChI is InChI=1S/C21H21F5N4O3S/c22-15-2-1-14(9-16(15)23)17-12-29(19-11-27-18(10-28-19)21(24,25)26)5-6-30(17)20(31)13-3-7-34(32,33)8-4-13/h1-2,9-11,13,17H,3-8,12H2. The minimum atomic E-state index is -4.64. The van der Waals surface area contributed by atoms with Gasteiger partial charge >= 0.3 is 6.18 Å². The predicted octanol–water partition coefficient (Wildman–Crippen LogP) is 2.99. The first kappa shape index (κ1) is 24.3. The fourth-order valence-electron chi connectivity index (χ4n) is 4.26. The van der Waals surface area contributed by atoms with Crippen LogP contribution in [0.4, 0.5) is 27.8 Å². The monoisotopic (exact) mass is 504 g/mol. The molecule has 4 rings (SSSR count). The number of hydrogen-bond acceptors (Lipinski definition) is 6. The number of benzene rings is 1. The number of anilines is 1. The lowest BCUT2D eigenvalue weighted by Gasteiger charge is -2.43. The molecule has 1 atom stereocenters. The Labute approximate surface area is 192 Å². The summed E-state index contributed by atoms with van der Waals surface area (Å²) >= 11 is 0. The number of nitrogens with zero attached hydrogens (tertiary/aromatic N) is 4. The van der Waals surface area contributed by atoms with Gasteiger partial charge in [-0.1, -0.05) is 6.07 Å². The summed E-state index contributed by atoms with van der Waals surface area (Å²) in [5.41, 5.74) is -0.838. The molecule has 184 valence electrons. The number of halogens is 5. The van der Waals surface area contributed by atoms with Crippen LogP contribution in [0.2, 0.25) is 0 Å². The molecular weight excluding hydrogens is 483 g/mol. The Morgan fingerprint density at radius 3 is 2.29 bits per heavy atom. The van der Waals surface area contributed by atoms with Gasteiger partial charge in [0.25, 0.3) is 0 Å². The van der Waals surface area contributed by atoms with Gasteiger partial charge < -0.3 is 9.80 Å². The summed E-state index contributed by atoms with van der Waals surface area (Å²) in [6, 6.07) is 2.51. The topological polar surface area (TPSA) is 83.5 Å². The highest BCUT2D eigenvalue weighted by atomic mass is 32.2. The van der Waals surface area contributed by atoms with Crippen molar-refractivity contribution in [1.29, 1.82) is 0 Å². The molecule has 2 aliphatic heterocycles. The van der Waals surface area contributed by atoms with Crippen molar-refractivity contribution in [3.8, 4) is 0 Å². The maximum atomic E-state index is 14.0. The molecule has 1 amide bonds. The van der Waals surface area contributed by atoms with E-state index >= 15 is 0 Å². The third-order valence-corrected chi connectivity index (χ3v) is 7.86. The van der Waals surface area contributed by atoms with Crippen LogP contribution in [0.15, 0.2) is 30.6 Å². The summed E-state index contributed by atoms with van der Waals surface area (Å²) in [7, 11) is -3.18. The molecule has 34 heavy (non-hydrogen) atoms. The Hall–Kier alpha value is -2.83. The van der Waals surface area contributed by atoms with Crippen LogP contribution in [-0.4, -0.2) is 60.3 Å². The van der Waals surface area contributed by atoms with Crippen molar-refractivity contribution in [2.24, 2.45) is 5.92 Å². The number of aromatic nitrogens is 2. The van der Waals surface area contributed by atoms with Gasteiger partial charge in [-0.25, -0.2) is 27.2 Å². The highest BCUT2D eigenvalue weighted by Gasteiger charge is 2.38. The molecule has 1 aromatic heterocycles. The molecule has 2 aliphatic rings. The zero-order valence-corrected chi connectivity index (χ0v) is 18.6. The third kappa shape index (κ3) is 5.13. The predicted molar refractivity (Wildman–Crippen MR) is 111 cm³/mol. The van der Waals surface area contributed by atoms with Crippen molar-refractivity contribution < 1.29 is 35.2 Å². The average Bonchev–Trinajstić information content (AvgIpc) is 2.79. The molecule has 0 radical (unpaired) electrons. The summed E-state index contributed by atoms with van der Waals surface area (Å²) in [4.78, 5) is 23.7. The first-order valence-corrected chi connectivity index (χ1v) is 12.4. The Bertz CT molecular complexity index is 1160. The van der Waals surface area contributed by atoms with Crippen molar-refractivity contribution in [3.05, 3.63) is 53.5 Å². The minimum absolute atomic E-state index is 0.0574. The Morgan fingerprint density at radius 1 is 1.00 bits per heavy atom. The van der Waals surface area contributed by atoms with Crippen LogP contribution < -0.4 is 4.90 Å². The average molecular weight is 504 g/mol. The fourth-order valence-corrected chi connectivity index (χ4v) is 5.75. The minimum Gasteiger partial charge on any atom is -0.351 e. The second-order valence-electron chi connectivity index (χ2n) is 8.35. The van der Waals surface area contributed by atoms with E-state index in [-0.39, 0.29) is 55.7 Å². The van der Waals surface area contributed by atoms with E-state index in [0.717, 1.165) is 18.3 Å². The van der Waals surface area contributed by atoms with Gasteiger partial charge in [-0.05, 0) is 30.5 Å². The maximum absolute atomic E-state index is 14.0. The van der Waals surface area contributed by atoms with Gasteiger partial charge in [0.05, 0.1) is 29.9 Å². The van der Waals surface area contributed by atoms with Crippen LogP contribution >= 0.6 is 0 Å². The number of hydrogen-bond donors (Lipinski definition) is 0. The third-order valence-electron chi connectivity index (χ3n) is 6.15. The molecule has 2 fully saturated rings. The van der Waals surface area contributed by atoms with E-state index in [9.17, 15) is 35.2 Å². The number of alkyl halides is 3. The highest BCUT2D eigenvalue weighted by Crippen LogP contribution is 2.33. The first-order chi connectivity index (χ1) is 15.9. The summed E-state index contributed by atoms with van der Waals surface area (Å²) in [6.45, 7) is 0.410. The van der Waals surface area contributed by atoms with Crippen molar-refractivity contribution in [2.75, 3.05) is 36.0 Å². The van der Waals surface area contributed by atoms with E-state index in [1.165, 1.54) is 11.0 Å². The molecule has 13 heteroatoms. The highest BCUT2D eigenvalue weighted by molar-refractivity contribution is 7.91. The van der Waals surface area contributed by atoms with Gasteiger partial charge in [0.1, 0.15) is 15.7 Å². The van der Waals surface area contributed by atoms with E-state index in [2.05, 4.69) is 9.97 Å². The quantitative estimate of drug-likeness (QED) is 0.598. The van der Waals surface area contributed by atoms with Gasteiger partial charge in [-0.2, -0.15) is 13.2 Å². The molecule has 1 aromatic carbocycles. The summed E-state index contributed by atoms with van der Waals surface area (Å²) < 4.78 is 89.5. The van der Waals surface area contributed by atoms with Crippen LogP contribution in [-0.2, 0) is 20.8 Å². The number of carbonyl (C=O) groups is 1. The lowest BCUT2D eigenvalue weighted by Crippen LogP contribution is -2.53. The molecule has 0 N–H and O–H groups in total. The first-order valence-electron chi connectivity index (χ1n) is 10.5. The van der Waals surface area contributed by atoms with Crippen LogP contribution in [0.3, 0.4) is 0 Å². The molecule has 0 saturated carbocycles. The second-order valence-corrected chi connectivity index (χ2v) is 10.7. The number of piperazine rings is 1. The van der Waals surface area contributed by atoms with E-state index in [1.54, 1.807) is 4.90 Å². The van der Waals surface area contributed by atoms with Gasteiger partial charge in [-0.3, -0.25) is 4.79 Å². The Kier molecular flexibility index (Phi) is 6.49. The van der Waals surface area contributed by atoms with Gasteiger partial charge in [-0.15, -0.1) is 0 Å². The molecule has 0 spiro atoms. The maximum Gasteiger partial charge on any atom is 0.434 e. The van der Waals surface area contributed by atoms with E-state index in [4.69, 9.17) is 0 Å². The van der Waals surface area contributed by atoms with E-state index < -0.39 is 45.3 Å². The van der Waals surface area contributed by atoms with Gasteiger partial charge in [0.15, 0.2) is 17.3 Å². The smallest absolute Gasteiger partial charge is 0.351 e. The summed E-state index contributed by atoms with van der Waals surface area (Å²) in [5, 5.41) is 0. The number of sulfone groups is 1. The normalized spacial score (nSPS) is 21.5. The van der Waals surface area contributed by atoms with Crippen molar-refractivity contribution in [3.63, 3.8) is 0 Å². The van der Waals surface area contributed by atoms with E-state index in [0.29, 0.717) is 11.8 Å². The molecular formula is C21H21F5N4O3S. The van der Waals surface area contributed by atoms with E-state index in [1.807, 2.05) is 0 Å². The molecule has 7 nitrogen and oxygen atoms in total. The lowest BCUT2D eigenvalue weighted by atomic mass is 9.96. The fraction of sp³-hybridized carbons (Fsp3) is 0.476. The summed E-state index contributed by atoms with van der Waals surface area (Å²) in [5.74, 6) is -3.01. The van der Waals surface area contributed by atoms with Gasteiger partial charge in [0, 0.05) is 25.6 Å². The van der Waals surface area contributed by atoms with Crippen molar-refractivity contribution in [2.45, 2.75) is 25.1 Å². The molecule has 0 aliphatic carbocycles. The number of rotatable bonds is 3. The lowest BCUT2D eigenvalue weighted by molar-refractivity contribution is -0.141. The van der Waals surface area contributed by atoms with Crippen LogP contribution in [0.25, 0.3) is 0 Å². The zero-order chi connectivity index (χ0) is 24.7. The molecule has 2 aromatic rings. The van der Waals surface area contributed by atoms with Gasteiger partial charge in [0.2, 0.25) is 5.91 Å². The van der Waals surface area contributed by atoms with Crippen LogP contribution in [0, 0.1) is 17.6 Å². The molecule has 1 unspecified atom stereocenters. The second kappa shape index (κ2) is 9.08. The van der Waals surface area contributed by atoms with Crippen LogP contribution in [0.5, 0.6) is 0 Å². The SMILES string of the molecule is O=C(C1CCS(=O)(=O)CC1)N1CCN(c2cnc(C(F)(F)F)cn2)CC1c1ccc(F)c(F)c1. The molecule has 3 heterocycles. The van der Waals surface area contributed by atoms with Crippen molar-refractivity contribution >= 4 is 21.6 Å². The Morgan fingerprint density at radius 2 is 1.71 bits per heavy atom. The summed E-state index contributed by atoms with van der Waals surface area (Å²) in [6.07, 6.45) is -2.69. The molecule has 0 bridgehead atoms.